The number of esters is 1. The van der Waals surface area contributed by atoms with E-state index in [1.807, 2.05) is 13.0 Å². The van der Waals surface area contributed by atoms with Crippen LogP contribution in [0.4, 0.5) is 0 Å². The molecule has 1 atom stereocenters. The van der Waals surface area contributed by atoms with Gasteiger partial charge in [-0.2, -0.15) is 0 Å². The van der Waals surface area contributed by atoms with Gasteiger partial charge in [-0.1, -0.05) is 26.2 Å². The van der Waals surface area contributed by atoms with Crippen molar-refractivity contribution in [1.82, 2.24) is 0 Å². The summed E-state index contributed by atoms with van der Waals surface area (Å²) in [5.74, 6) is 1.24. The van der Waals surface area contributed by atoms with Gasteiger partial charge in [-0.25, -0.2) is 0 Å². The van der Waals surface area contributed by atoms with Gasteiger partial charge in [0.1, 0.15) is 11.5 Å². The normalized spacial score (nSPS) is 16.8. The third-order valence-corrected chi connectivity index (χ3v) is 4.36. The van der Waals surface area contributed by atoms with Crippen LogP contribution in [0.1, 0.15) is 62.6 Å². The summed E-state index contributed by atoms with van der Waals surface area (Å²) < 4.78 is 16.9. The molecule has 1 heterocycles. The highest BCUT2D eigenvalue weighted by atomic mass is 16.5. The van der Waals surface area contributed by atoms with E-state index in [1.54, 1.807) is 7.11 Å². The van der Waals surface area contributed by atoms with Gasteiger partial charge >= 0.3 is 5.97 Å². The summed E-state index contributed by atoms with van der Waals surface area (Å²) in [7, 11) is 1.65. The standard InChI is InChI=1S/C19H28O4/c1-5-6-7-8-9-18(20)23-17-11-15-10-13(2)22-12-16(15)19(21-4)14(17)3/h11,13H,5-10,12H2,1-4H3. The first-order valence-corrected chi connectivity index (χ1v) is 8.58. The van der Waals surface area contributed by atoms with Crippen LogP contribution in [0.3, 0.4) is 0 Å². The van der Waals surface area contributed by atoms with Gasteiger partial charge in [0.15, 0.2) is 0 Å². The molecule has 1 aliphatic heterocycles. The molecule has 1 aromatic carbocycles. The highest BCUT2D eigenvalue weighted by Crippen LogP contribution is 2.38. The Balaban J connectivity index is 2.12. The van der Waals surface area contributed by atoms with Gasteiger partial charge in [-0.3, -0.25) is 4.79 Å². The number of hydrogen-bond donors (Lipinski definition) is 0. The van der Waals surface area contributed by atoms with E-state index in [0.29, 0.717) is 18.8 Å². The van der Waals surface area contributed by atoms with Gasteiger partial charge in [0, 0.05) is 17.5 Å². The summed E-state index contributed by atoms with van der Waals surface area (Å²) in [6.45, 7) is 6.68. The minimum atomic E-state index is -0.161. The molecule has 0 radical (unpaired) electrons. The van der Waals surface area contributed by atoms with Crippen LogP contribution < -0.4 is 9.47 Å². The highest BCUT2D eigenvalue weighted by Gasteiger charge is 2.24. The Bertz CT molecular complexity index is 551. The Hall–Kier alpha value is -1.55. The van der Waals surface area contributed by atoms with Gasteiger partial charge in [-0.15, -0.1) is 0 Å². The fourth-order valence-electron chi connectivity index (χ4n) is 3.02. The van der Waals surface area contributed by atoms with E-state index in [0.717, 1.165) is 54.5 Å². The molecular formula is C19H28O4. The molecule has 0 N–H and O–H groups in total. The van der Waals surface area contributed by atoms with Crippen molar-refractivity contribution in [3.05, 3.63) is 22.8 Å². The number of methoxy groups -OCH3 is 1. The molecule has 4 nitrogen and oxygen atoms in total. The molecule has 1 aliphatic rings. The molecule has 0 aromatic heterocycles. The topological polar surface area (TPSA) is 44.8 Å². The molecule has 1 unspecified atom stereocenters. The van der Waals surface area contributed by atoms with Crippen molar-refractivity contribution >= 4 is 5.97 Å². The van der Waals surface area contributed by atoms with Crippen molar-refractivity contribution in [2.75, 3.05) is 7.11 Å². The monoisotopic (exact) mass is 320 g/mol. The molecule has 0 fully saturated rings. The Morgan fingerprint density at radius 2 is 2.13 bits per heavy atom. The lowest BCUT2D eigenvalue weighted by atomic mass is 9.95. The Morgan fingerprint density at radius 3 is 2.83 bits per heavy atom. The molecule has 0 spiro atoms. The molecule has 0 aliphatic carbocycles. The molecule has 2 rings (SSSR count). The number of fused-ring (bicyclic) bond motifs is 1. The zero-order valence-corrected chi connectivity index (χ0v) is 14.7. The smallest absolute Gasteiger partial charge is 0.311 e. The molecule has 128 valence electrons. The summed E-state index contributed by atoms with van der Waals surface area (Å²) in [5.41, 5.74) is 3.09. The number of carbonyl (C=O) groups is 1. The van der Waals surface area contributed by atoms with Crippen molar-refractivity contribution in [2.24, 2.45) is 0 Å². The number of rotatable bonds is 7. The predicted molar refractivity (Wildman–Crippen MR) is 90.1 cm³/mol. The molecule has 1 aromatic rings. The number of hydrogen-bond acceptors (Lipinski definition) is 4. The number of ether oxygens (including phenoxy) is 3. The summed E-state index contributed by atoms with van der Waals surface area (Å²) in [4.78, 5) is 12.1. The third-order valence-electron chi connectivity index (χ3n) is 4.36. The summed E-state index contributed by atoms with van der Waals surface area (Å²) in [6, 6.07) is 1.98. The molecular weight excluding hydrogens is 292 g/mol. The van der Waals surface area contributed by atoms with E-state index in [1.165, 1.54) is 0 Å². The van der Waals surface area contributed by atoms with Crippen molar-refractivity contribution < 1.29 is 19.0 Å². The average molecular weight is 320 g/mol. The summed E-state index contributed by atoms with van der Waals surface area (Å²) >= 11 is 0. The van der Waals surface area contributed by atoms with Crippen LogP contribution >= 0.6 is 0 Å². The van der Waals surface area contributed by atoms with Crippen molar-refractivity contribution in [2.45, 2.75) is 72.0 Å². The lowest BCUT2D eigenvalue weighted by Gasteiger charge is -2.26. The van der Waals surface area contributed by atoms with Gasteiger partial charge in [0.25, 0.3) is 0 Å². The SMILES string of the molecule is CCCCCCC(=O)Oc1cc2c(c(OC)c1C)COC(C)C2. The van der Waals surface area contributed by atoms with Gasteiger partial charge in [-0.05, 0) is 38.3 Å². The van der Waals surface area contributed by atoms with Crippen molar-refractivity contribution in [1.29, 1.82) is 0 Å². The number of benzene rings is 1. The maximum absolute atomic E-state index is 12.1. The van der Waals surface area contributed by atoms with Crippen molar-refractivity contribution in [3.8, 4) is 11.5 Å². The average Bonchev–Trinajstić information content (AvgIpc) is 2.52. The van der Waals surface area contributed by atoms with Crippen LogP contribution in [-0.2, 0) is 22.6 Å². The molecule has 23 heavy (non-hydrogen) atoms. The van der Waals surface area contributed by atoms with Gasteiger partial charge in [0.05, 0.1) is 19.8 Å². The van der Waals surface area contributed by atoms with Gasteiger partial charge in [0.2, 0.25) is 0 Å². The minimum Gasteiger partial charge on any atom is -0.496 e. The van der Waals surface area contributed by atoms with Crippen LogP contribution in [0.25, 0.3) is 0 Å². The van der Waals surface area contributed by atoms with E-state index in [2.05, 4.69) is 13.8 Å². The van der Waals surface area contributed by atoms with Crippen molar-refractivity contribution in [3.63, 3.8) is 0 Å². The van der Waals surface area contributed by atoms with Crippen LogP contribution in [-0.4, -0.2) is 19.2 Å². The molecule has 0 saturated heterocycles. The largest absolute Gasteiger partial charge is 0.496 e. The summed E-state index contributed by atoms with van der Waals surface area (Å²) in [5, 5.41) is 0. The predicted octanol–water partition coefficient (Wildman–Crippen LogP) is 4.34. The first-order valence-electron chi connectivity index (χ1n) is 8.58. The van der Waals surface area contributed by atoms with E-state index < -0.39 is 0 Å². The third kappa shape index (κ3) is 4.47. The van der Waals surface area contributed by atoms with Crippen LogP contribution in [0, 0.1) is 6.92 Å². The maximum Gasteiger partial charge on any atom is 0.311 e. The Labute approximate surface area is 139 Å². The lowest BCUT2D eigenvalue weighted by molar-refractivity contribution is -0.134. The molecule has 0 amide bonds. The van der Waals surface area contributed by atoms with Gasteiger partial charge < -0.3 is 14.2 Å². The summed E-state index contributed by atoms with van der Waals surface area (Å²) in [6.07, 6.45) is 5.75. The van der Waals surface area contributed by atoms with Crippen LogP contribution in [0.2, 0.25) is 0 Å². The second-order valence-electron chi connectivity index (χ2n) is 6.28. The first kappa shape index (κ1) is 17.8. The first-order chi connectivity index (χ1) is 11.1. The van der Waals surface area contributed by atoms with E-state index in [9.17, 15) is 4.79 Å². The van der Waals surface area contributed by atoms with Crippen LogP contribution in [0.15, 0.2) is 6.07 Å². The van der Waals surface area contributed by atoms with E-state index in [4.69, 9.17) is 14.2 Å². The maximum atomic E-state index is 12.1. The highest BCUT2D eigenvalue weighted by molar-refractivity contribution is 5.73. The minimum absolute atomic E-state index is 0.161. The second-order valence-corrected chi connectivity index (χ2v) is 6.28. The van der Waals surface area contributed by atoms with Crippen LogP contribution in [0.5, 0.6) is 11.5 Å². The fraction of sp³-hybridized carbons (Fsp3) is 0.632. The lowest BCUT2D eigenvalue weighted by Crippen LogP contribution is -2.20. The number of unbranched alkanes of at least 4 members (excludes halogenated alkanes) is 3. The second kappa shape index (κ2) is 8.34. The molecule has 0 saturated carbocycles. The number of carbonyl (C=O) groups excluding carboxylic acids is 1. The Morgan fingerprint density at radius 1 is 1.35 bits per heavy atom. The Kier molecular flexibility index (Phi) is 6.46. The fourth-order valence-corrected chi connectivity index (χ4v) is 3.02. The molecule has 4 heteroatoms. The zero-order chi connectivity index (χ0) is 16.8. The quantitative estimate of drug-likeness (QED) is 0.426. The molecule has 0 bridgehead atoms. The van der Waals surface area contributed by atoms with E-state index in [-0.39, 0.29) is 12.1 Å². The van der Waals surface area contributed by atoms with E-state index >= 15 is 0 Å². The zero-order valence-electron chi connectivity index (χ0n) is 14.7.